The van der Waals surface area contributed by atoms with Crippen molar-refractivity contribution in [3.8, 4) is 0 Å². The highest BCUT2D eigenvalue weighted by atomic mass is 19.1. The molecule has 138 valence electrons. The van der Waals surface area contributed by atoms with Crippen LogP contribution in [0.4, 0.5) is 9.18 Å². The molecule has 0 bridgehead atoms. The first-order valence-electron chi connectivity index (χ1n) is 8.30. The first-order valence-corrected chi connectivity index (χ1v) is 8.30. The largest absolute Gasteiger partial charge is 0.452 e. The molecule has 1 aromatic carbocycles. The van der Waals surface area contributed by atoms with E-state index >= 15 is 0 Å². The molecule has 26 heavy (non-hydrogen) atoms. The Kier molecular flexibility index (Phi) is 4.88. The molecule has 0 unspecified atom stereocenters. The van der Waals surface area contributed by atoms with Gasteiger partial charge in [0, 0.05) is 0 Å². The lowest BCUT2D eigenvalue weighted by molar-refractivity contribution is -0.140. The van der Waals surface area contributed by atoms with E-state index in [1.54, 1.807) is 0 Å². The molecular formula is C17H18FN3O5. The Hall–Kier alpha value is -2.97. The second-order valence-electron chi connectivity index (χ2n) is 6.33. The summed E-state index contributed by atoms with van der Waals surface area (Å²) in [5, 5.41) is 3.29. The summed E-state index contributed by atoms with van der Waals surface area (Å²) in [4.78, 5) is 48.2. The molecule has 0 atom stereocenters. The van der Waals surface area contributed by atoms with Crippen molar-refractivity contribution in [2.45, 2.75) is 37.6 Å². The predicted octanol–water partition coefficient (Wildman–Crippen LogP) is 1.27. The summed E-state index contributed by atoms with van der Waals surface area (Å²) in [6.45, 7) is -0.680. The number of rotatable bonds is 4. The van der Waals surface area contributed by atoms with Crippen molar-refractivity contribution in [2.24, 2.45) is 0 Å². The Balaban J connectivity index is 1.54. The number of imide groups is 1. The van der Waals surface area contributed by atoms with Crippen LogP contribution in [-0.4, -0.2) is 41.0 Å². The summed E-state index contributed by atoms with van der Waals surface area (Å²) < 4.78 is 17.6. The van der Waals surface area contributed by atoms with Crippen molar-refractivity contribution in [2.75, 3.05) is 6.61 Å². The number of carbonyl (C=O) groups is 4. The maximum absolute atomic E-state index is 12.8. The number of hydrogen-bond acceptors (Lipinski definition) is 5. The van der Waals surface area contributed by atoms with Crippen molar-refractivity contribution in [3.05, 3.63) is 35.6 Å². The van der Waals surface area contributed by atoms with Gasteiger partial charge in [0.15, 0.2) is 6.61 Å². The molecule has 4 amide bonds. The number of hydrogen-bond donors (Lipinski definition) is 2. The van der Waals surface area contributed by atoms with E-state index in [1.165, 1.54) is 12.1 Å². The van der Waals surface area contributed by atoms with E-state index in [2.05, 4.69) is 10.7 Å². The number of hydrazine groups is 1. The number of amides is 4. The number of ether oxygens (including phenoxy) is 1. The van der Waals surface area contributed by atoms with Gasteiger partial charge in [0.25, 0.3) is 11.8 Å². The van der Waals surface area contributed by atoms with Gasteiger partial charge in [-0.25, -0.2) is 14.0 Å². The van der Waals surface area contributed by atoms with Gasteiger partial charge in [0.2, 0.25) is 0 Å². The molecule has 2 N–H and O–H groups in total. The van der Waals surface area contributed by atoms with E-state index < -0.39 is 41.8 Å². The van der Waals surface area contributed by atoms with E-state index in [9.17, 15) is 23.6 Å². The van der Waals surface area contributed by atoms with E-state index in [1.807, 2.05) is 0 Å². The molecule has 0 aromatic heterocycles. The fourth-order valence-corrected chi connectivity index (χ4v) is 3.17. The van der Waals surface area contributed by atoms with Crippen molar-refractivity contribution in [1.29, 1.82) is 0 Å². The van der Waals surface area contributed by atoms with Crippen LogP contribution < -0.4 is 10.7 Å². The Labute approximate surface area is 148 Å². The lowest BCUT2D eigenvalue weighted by Gasteiger charge is -2.30. The summed E-state index contributed by atoms with van der Waals surface area (Å²) in [5.41, 5.74) is 1.29. The summed E-state index contributed by atoms with van der Waals surface area (Å²) in [6.07, 6.45) is 3.70. The summed E-state index contributed by atoms with van der Waals surface area (Å²) >= 11 is 0. The average molecular weight is 363 g/mol. The summed E-state index contributed by atoms with van der Waals surface area (Å²) in [5.74, 6) is -2.65. The van der Waals surface area contributed by atoms with Crippen LogP contribution >= 0.6 is 0 Å². The zero-order valence-electron chi connectivity index (χ0n) is 13.9. The molecule has 1 aromatic rings. The van der Waals surface area contributed by atoms with Crippen LogP contribution in [0.2, 0.25) is 0 Å². The zero-order chi connectivity index (χ0) is 18.7. The summed E-state index contributed by atoms with van der Waals surface area (Å²) in [6, 6.07) is 3.93. The van der Waals surface area contributed by atoms with Gasteiger partial charge in [-0.1, -0.05) is 19.3 Å². The van der Waals surface area contributed by atoms with E-state index in [4.69, 9.17) is 4.74 Å². The SMILES string of the molecule is O=C(COC(=O)c1ccc(F)cc1)NN1C(=O)NC2(CCCCC2)C1=O. The van der Waals surface area contributed by atoms with Crippen LogP contribution in [-0.2, 0) is 14.3 Å². The lowest BCUT2D eigenvalue weighted by Crippen LogP contribution is -2.51. The fraction of sp³-hybridized carbons (Fsp3) is 0.412. The maximum atomic E-state index is 12.8. The van der Waals surface area contributed by atoms with Crippen LogP contribution in [0.15, 0.2) is 24.3 Å². The van der Waals surface area contributed by atoms with Gasteiger partial charge >= 0.3 is 12.0 Å². The summed E-state index contributed by atoms with van der Waals surface area (Å²) in [7, 11) is 0. The average Bonchev–Trinajstić information content (AvgIpc) is 2.85. The second-order valence-corrected chi connectivity index (χ2v) is 6.33. The molecule has 1 spiro atoms. The third-order valence-electron chi connectivity index (χ3n) is 4.52. The van der Waals surface area contributed by atoms with Crippen molar-refractivity contribution in [1.82, 2.24) is 15.8 Å². The number of esters is 1. The Morgan fingerprint density at radius 1 is 1.15 bits per heavy atom. The minimum atomic E-state index is -0.951. The third kappa shape index (κ3) is 3.51. The minimum Gasteiger partial charge on any atom is -0.452 e. The third-order valence-corrected chi connectivity index (χ3v) is 4.52. The number of carbonyl (C=O) groups excluding carboxylic acids is 4. The van der Waals surface area contributed by atoms with Crippen LogP contribution in [0.5, 0.6) is 0 Å². The monoisotopic (exact) mass is 363 g/mol. The highest BCUT2D eigenvalue weighted by molar-refractivity contribution is 6.08. The van der Waals surface area contributed by atoms with Gasteiger partial charge in [0.05, 0.1) is 5.56 Å². The molecule has 1 heterocycles. The predicted molar refractivity (Wildman–Crippen MR) is 86.0 cm³/mol. The highest BCUT2D eigenvalue weighted by Gasteiger charge is 2.52. The topological polar surface area (TPSA) is 105 Å². The van der Waals surface area contributed by atoms with Gasteiger partial charge in [0.1, 0.15) is 11.4 Å². The van der Waals surface area contributed by atoms with Gasteiger partial charge in [-0.2, -0.15) is 5.01 Å². The van der Waals surface area contributed by atoms with Crippen LogP contribution in [0.3, 0.4) is 0 Å². The molecule has 0 radical (unpaired) electrons. The van der Waals surface area contributed by atoms with Gasteiger partial charge in [-0.15, -0.1) is 0 Å². The second kappa shape index (κ2) is 7.11. The molecule has 9 heteroatoms. The van der Waals surface area contributed by atoms with Crippen molar-refractivity contribution >= 4 is 23.8 Å². The molecule has 2 fully saturated rings. The van der Waals surface area contributed by atoms with Gasteiger partial charge in [-0.3, -0.25) is 15.0 Å². The number of halogens is 1. The van der Waals surface area contributed by atoms with E-state index in [0.717, 1.165) is 31.4 Å². The Morgan fingerprint density at radius 2 is 1.81 bits per heavy atom. The molecule has 1 saturated heterocycles. The number of urea groups is 1. The van der Waals surface area contributed by atoms with E-state index in [0.29, 0.717) is 17.9 Å². The quantitative estimate of drug-likeness (QED) is 0.619. The minimum absolute atomic E-state index is 0.0790. The normalized spacial score (nSPS) is 18.6. The lowest BCUT2D eigenvalue weighted by atomic mass is 9.82. The Morgan fingerprint density at radius 3 is 2.46 bits per heavy atom. The molecule has 1 aliphatic heterocycles. The molecular weight excluding hydrogens is 345 g/mol. The highest BCUT2D eigenvalue weighted by Crippen LogP contribution is 2.32. The molecule has 2 aliphatic rings. The standard InChI is InChI=1S/C17H18FN3O5/c18-12-6-4-11(5-7-12)14(23)26-10-13(22)20-21-15(24)17(19-16(21)25)8-2-1-3-9-17/h4-7H,1-3,8-10H2,(H,19,25)(H,20,22). The maximum Gasteiger partial charge on any atom is 0.344 e. The fourth-order valence-electron chi connectivity index (χ4n) is 3.17. The van der Waals surface area contributed by atoms with Gasteiger partial charge < -0.3 is 10.1 Å². The Bertz CT molecular complexity index is 743. The van der Waals surface area contributed by atoms with Crippen LogP contribution in [0, 0.1) is 5.82 Å². The van der Waals surface area contributed by atoms with Gasteiger partial charge in [-0.05, 0) is 37.1 Å². The van der Waals surface area contributed by atoms with Crippen molar-refractivity contribution < 1.29 is 28.3 Å². The number of nitrogens with one attached hydrogen (secondary N) is 2. The molecule has 3 rings (SSSR count). The molecule has 1 saturated carbocycles. The first kappa shape index (κ1) is 17.8. The van der Waals surface area contributed by atoms with Crippen LogP contribution in [0.25, 0.3) is 0 Å². The van der Waals surface area contributed by atoms with Crippen molar-refractivity contribution in [3.63, 3.8) is 0 Å². The first-order chi connectivity index (χ1) is 12.4. The zero-order valence-corrected chi connectivity index (χ0v) is 13.9. The molecule has 1 aliphatic carbocycles. The number of benzene rings is 1. The number of nitrogens with zero attached hydrogens (tertiary/aromatic N) is 1. The van der Waals surface area contributed by atoms with E-state index in [-0.39, 0.29) is 5.56 Å². The smallest absolute Gasteiger partial charge is 0.344 e. The molecule has 8 nitrogen and oxygen atoms in total. The van der Waals surface area contributed by atoms with Crippen LogP contribution in [0.1, 0.15) is 42.5 Å².